The van der Waals surface area contributed by atoms with Gasteiger partial charge in [0.15, 0.2) is 0 Å². The summed E-state index contributed by atoms with van der Waals surface area (Å²) in [4.78, 5) is 25.2. The average Bonchev–Trinajstić information content (AvgIpc) is 2.40. The summed E-state index contributed by atoms with van der Waals surface area (Å²) in [6.07, 6.45) is 0.324. The summed E-state index contributed by atoms with van der Waals surface area (Å²) < 4.78 is 0. The van der Waals surface area contributed by atoms with Gasteiger partial charge in [0.1, 0.15) is 0 Å². The number of carboxylic acids is 2. The van der Waals surface area contributed by atoms with Crippen LogP contribution in [-0.2, 0) is 21.1 Å². The molecule has 0 fully saturated rings. The fourth-order valence-corrected chi connectivity index (χ4v) is 3.03. The molecule has 0 radical (unpaired) electrons. The number of hydrogen-bond donors (Lipinski definition) is 2. The topological polar surface area (TPSA) is 87.5 Å². The molecule has 0 aliphatic rings. The zero-order chi connectivity index (χ0) is 14.8. The minimum Gasteiger partial charge on any atom is -0.481 e. The number of hydrogen-bond acceptors (Lipinski definition) is 5. The minimum atomic E-state index is -0.783. The molecule has 0 amide bonds. The van der Waals surface area contributed by atoms with Gasteiger partial charge in [-0.15, -0.1) is 0 Å². The lowest BCUT2D eigenvalue weighted by Crippen LogP contribution is -1.98. The highest BCUT2D eigenvalue weighted by atomic mass is 32.2. The molecule has 0 aliphatic carbocycles. The van der Waals surface area contributed by atoms with Crippen molar-refractivity contribution in [1.82, 2.24) is 4.98 Å². The van der Waals surface area contributed by atoms with E-state index in [1.165, 1.54) is 0 Å². The van der Waals surface area contributed by atoms with Crippen LogP contribution in [0.15, 0.2) is 18.2 Å². The van der Waals surface area contributed by atoms with Crippen LogP contribution in [0.2, 0.25) is 0 Å². The molecule has 0 aliphatic heterocycles. The third kappa shape index (κ3) is 8.06. The number of rotatable bonds is 10. The fourth-order valence-electron chi connectivity index (χ4n) is 1.36. The fraction of sp³-hybridized carbons (Fsp3) is 0.462. The van der Waals surface area contributed by atoms with Crippen molar-refractivity contribution in [3.8, 4) is 0 Å². The SMILES string of the molecule is O=C(O)CCSCc1cccc(CSCCC(=O)O)n1. The van der Waals surface area contributed by atoms with Crippen molar-refractivity contribution in [2.24, 2.45) is 0 Å². The van der Waals surface area contributed by atoms with E-state index >= 15 is 0 Å². The molecule has 1 aromatic heterocycles. The summed E-state index contributed by atoms with van der Waals surface area (Å²) in [6, 6.07) is 5.76. The number of aliphatic carboxylic acids is 2. The number of carbonyl (C=O) groups is 2. The highest BCUT2D eigenvalue weighted by Crippen LogP contribution is 2.15. The Morgan fingerprint density at radius 3 is 1.80 bits per heavy atom. The largest absolute Gasteiger partial charge is 0.481 e. The van der Waals surface area contributed by atoms with Gasteiger partial charge in [-0.05, 0) is 12.1 Å². The number of thioether (sulfide) groups is 2. The summed E-state index contributed by atoms with van der Waals surface area (Å²) in [5.74, 6) is 0.980. The van der Waals surface area contributed by atoms with Gasteiger partial charge >= 0.3 is 11.9 Å². The van der Waals surface area contributed by atoms with Crippen LogP contribution >= 0.6 is 23.5 Å². The summed E-state index contributed by atoms with van der Waals surface area (Å²) in [5.41, 5.74) is 1.86. The van der Waals surface area contributed by atoms with Gasteiger partial charge in [-0.3, -0.25) is 14.6 Å². The van der Waals surface area contributed by atoms with E-state index in [1.807, 2.05) is 18.2 Å². The molecule has 0 saturated carbocycles. The maximum absolute atomic E-state index is 10.4. The molecule has 0 atom stereocenters. The number of aromatic nitrogens is 1. The van der Waals surface area contributed by atoms with Crippen LogP contribution in [0, 0.1) is 0 Å². The van der Waals surface area contributed by atoms with Crippen molar-refractivity contribution < 1.29 is 19.8 Å². The smallest absolute Gasteiger partial charge is 0.304 e. The predicted molar refractivity (Wildman–Crippen MR) is 81.1 cm³/mol. The zero-order valence-electron chi connectivity index (χ0n) is 10.9. The molecule has 0 saturated heterocycles. The van der Waals surface area contributed by atoms with Crippen LogP contribution < -0.4 is 0 Å². The van der Waals surface area contributed by atoms with Gasteiger partial charge in [-0.2, -0.15) is 23.5 Å². The van der Waals surface area contributed by atoms with Crippen LogP contribution in [0.25, 0.3) is 0 Å². The molecular weight excluding hydrogens is 298 g/mol. The van der Waals surface area contributed by atoms with Crippen molar-refractivity contribution in [3.05, 3.63) is 29.6 Å². The summed E-state index contributed by atoms with van der Waals surface area (Å²) >= 11 is 3.10. The molecule has 1 rings (SSSR count). The van der Waals surface area contributed by atoms with E-state index in [-0.39, 0.29) is 12.8 Å². The van der Waals surface area contributed by atoms with E-state index in [1.54, 1.807) is 23.5 Å². The molecule has 1 heterocycles. The Morgan fingerprint density at radius 2 is 1.40 bits per heavy atom. The maximum Gasteiger partial charge on any atom is 0.304 e. The van der Waals surface area contributed by atoms with Gasteiger partial charge in [0, 0.05) is 23.0 Å². The number of nitrogens with zero attached hydrogens (tertiary/aromatic N) is 1. The number of carboxylic acid groups (broad SMARTS) is 2. The second-order valence-electron chi connectivity index (χ2n) is 4.01. The van der Waals surface area contributed by atoms with Gasteiger partial charge in [0.25, 0.3) is 0 Å². The maximum atomic E-state index is 10.4. The molecule has 7 heteroatoms. The predicted octanol–water partition coefficient (Wildman–Crippen LogP) is 2.50. The van der Waals surface area contributed by atoms with Crippen molar-refractivity contribution in [1.29, 1.82) is 0 Å². The molecule has 0 bridgehead atoms. The third-order valence-electron chi connectivity index (χ3n) is 2.28. The van der Waals surface area contributed by atoms with E-state index < -0.39 is 11.9 Å². The summed E-state index contributed by atoms with van der Waals surface area (Å²) in [6.45, 7) is 0. The third-order valence-corrected chi connectivity index (χ3v) is 4.27. The Kier molecular flexibility index (Phi) is 8.13. The van der Waals surface area contributed by atoms with Crippen molar-refractivity contribution in [2.45, 2.75) is 24.3 Å². The van der Waals surface area contributed by atoms with Gasteiger partial charge < -0.3 is 10.2 Å². The highest BCUT2D eigenvalue weighted by Gasteiger charge is 2.02. The van der Waals surface area contributed by atoms with Crippen LogP contribution in [0.3, 0.4) is 0 Å². The number of pyridine rings is 1. The van der Waals surface area contributed by atoms with E-state index in [2.05, 4.69) is 4.98 Å². The van der Waals surface area contributed by atoms with Crippen molar-refractivity contribution >= 4 is 35.5 Å². The van der Waals surface area contributed by atoms with Gasteiger partial charge in [-0.25, -0.2) is 0 Å². The van der Waals surface area contributed by atoms with E-state index in [0.717, 1.165) is 11.4 Å². The lowest BCUT2D eigenvalue weighted by atomic mass is 10.3. The lowest BCUT2D eigenvalue weighted by molar-refractivity contribution is -0.137. The minimum absolute atomic E-state index is 0.162. The average molecular weight is 315 g/mol. The summed E-state index contributed by atoms with van der Waals surface area (Å²) in [7, 11) is 0. The van der Waals surface area contributed by atoms with E-state index in [0.29, 0.717) is 23.0 Å². The van der Waals surface area contributed by atoms with Gasteiger partial charge in [0.05, 0.1) is 24.2 Å². The zero-order valence-corrected chi connectivity index (χ0v) is 12.6. The molecule has 0 unspecified atom stereocenters. The molecule has 1 aromatic rings. The Morgan fingerprint density at radius 1 is 0.950 bits per heavy atom. The second kappa shape index (κ2) is 9.66. The summed E-state index contributed by atoms with van der Waals surface area (Å²) in [5, 5.41) is 17.1. The standard InChI is InChI=1S/C13H17NO4S2/c15-12(16)4-6-19-8-10-2-1-3-11(14-10)9-20-7-5-13(17)18/h1-3H,4-9H2,(H,15,16)(H,17,18). The molecule has 0 aromatic carbocycles. The monoisotopic (exact) mass is 315 g/mol. The molecule has 0 spiro atoms. The highest BCUT2D eigenvalue weighted by molar-refractivity contribution is 7.98. The second-order valence-corrected chi connectivity index (χ2v) is 6.22. The first-order valence-electron chi connectivity index (χ1n) is 6.12. The first kappa shape index (κ1) is 16.8. The molecule has 110 valence electrons. The van der Waals surface area contributed by atoms with Crippen LogP contribution in [0.5, 0.6) is 0 Å². The first-order chi connectivity index (χ1) is 9.58. The molecule has 5 nitrogen and oxygen atoms in total. The van der Waals surface area contributed by atoms with Gasteiger partial charge in [0.2, 0.25) is 0 Å². The lowest BCUT2D eigenvalue weighted by Gasteiger charge is -2.04. The quantitative estimate of drug-likeness (QED) is 0.641. The Labute approximate surface area is 126 Å². The molecule has 20 heavy (non-hydrogen) atoms. The first-order valence-corrected chi connectivity index (χ1v) is 8.43. The Balaban J connectivity index is 2.29. The van der Waals surface area contributed by atoms with Crippen LogP contribution in [-0.4, -0.2) is 38.6 Å². The molecular formula is C13H17NO4S2. The Hall–Kier alpha value is -1.21. The Bertz CT molecular complexity index is 417. The van der Waals surface area contributed by atoms with Crippen LogP contribution in [0.1, 0.15) is 24.2 Å². The van der Waals surface area contributed by atoms with Gasteiger partial charge in [-0.1, -0.05) is 6.07 Å². The van der Waals surface area contributed by atoms with E-state index in [9.17, 15) is 9.59 Å². The van der Waals surface area contributed by atoms with Crippen molar-refractivity contribution in [2.75, 3.05) is 11.5 Å². The van der Waals surface area contributed by atoms with Crippen molar-refractivity contribution in [3.63, 3.8) is 0 Å². The molecule has 2 N–H and O–H groups in total. The van der Waals surface area contributed by atoms with Crippen LogP contribution in [0.4, 0.5) is 0 Å². The normalized spacial score (nSPS) is 10.4. The van der Waals surface area contributed by atoms with E-state index in [4.69, 9.17) is 10.2 Å².